The lowest BCUT2D eigenvalue weighted by Crippen LogP contribution is -2.16. The van der Waals surface area contributed by atoms with Gasteiger partial charge in [0, 0.05) is 6.42 Å². The van der Waals surface area contributed by atoms with Crippen LogP contribution in [0.25, 0.3) is 0 Å². The third kappa shape index (κ3) is 3.65. The molecule has 1 rings (SSSR count). The summed E-state index contributed by atoms with van der Waals surface area (Å²) in [6.07, 6.45) is -5.54. The predicted molar refractivity (Wildman–Crippen MR) is 51.7 cm³/mol. The number of hydrogen-bond donors (Lipinski definition) is 1. The smallest absolute Gasteiger partial charge is 0.310 e. The summed E-state index contributed by atoms with van der Waals surface area (Å²) in [5, 5.41) is 0. The average Bonchev–Trinajstić information content (AvgIpc) is 2.09. The second kappa shape index (κ2) is 4.34. The molecule has 0 aliphatic rings. The minimum Gasteiger partial charge on any atom is -0.310 e. The van der Waals surface area contributed by atoms with Crippen LogP contribution >= 0.6 is 15.9 Å². The number of alkyl halides is 3. The Hall–Kier alpha value is -0.850. The van der Waals surface area contributed by atoms with Crippen LogP contribution in [0.15, 0.2) is 9.27 Å². The van der Waals surface area contributed by atoms with E-state index in [1.54, 1.807) is 6.92 Å². The number of aromatic nitrogens is 2. The molecule has 1 aromatic heterocycles. The van der Waals surface area contributed by atoms with Crippen molar-refractivity contribution in [1.82, 2.24) is 9.97 Å². The van der Waals surface area contributed by atoms with E-state index in [2.05, 4.69) is 25.9 Å². The van der Waals surface area contributed by atoms with Crippen molar-refractivity contribution < 1.29 is 13.2 Å². The van der Waals surface area contributed by atoms with Gasteiger partial charge in [-0.2, -0.15) is 13.2 Å². The van der Waals surface area contributed by atoms with Crippen molar-refractivity contribution in [3.8, 4) is 0 Å². The first kappa shape index (κ1) is 12.2. The summed E-state index contributed by atoms with van der Waals surface area (Å²) < 4.78 is 35.9. The second-order valence-corrected chi connectivity index (χ2v) is 3.82. The van der Waals surface area contributed by atoms with Crippen LogP contribution in [0.3, 0.4) is 0 Å². The third-order valence-electron chi connectivity index (χ3n) is 1.72. The van der Waals surface area contributed by atoms with Gasteiger partial charge in [0.25, 0.3) is 5.56 Å². The van der Waals surface area contributed by atoms with Gasteiger partial charge in [0.1, 0.15) is 10.3 Å². The molecule has 0 saturated heterocycles. The molecule has 0 spiro atoms. The maximum absolute atomic E-state index is 11.9. The quantitative estimate of drug-likeness (QED) is 0.906. The van der Waals surface area contributed by atoms with E-state index in [0.717, 1.165) is 0 Å². The van der Waals surface area contributed by atoms with Crippen molar-refractivity contribution in [2.75, 3.05) is 0 Å². The monoisotopic (exact) mass is 284 g/mol. The topological polar surface area (TPSA) is 45.8 Å². The van der Waals surface area contributed by atoms with Crippen molar-refractivity contribution in [3.05, 3.63) is 26.3 Å². The second-order valence-electron chi connectivity index (χ2n) is 3.03. The molecule has 0 fully saturated rings. The molecule has 7 heteroatoms. The van der Waals surface area contributed by atoms with Gasteiger partial charge in [-0.1, -0.05) is 0 Å². The summed E-state index contributed by atoms with van der Waals surface area (Å²) in [6.45, 7) is 1.55. The first-order chi connectivity index (χ1) is 6.79. The molecule has 3 nitrogen and oxygen atoms in total. The maximum atomic E-state index is 11.9. The van der Waals surface area contributed by atoms with Crippen LogP contribution in [-0.4, -0.2) is 16.1 Å². The lowest BCUT2D eigenvalue weighted by Gasteiger charge is -2.06. The minimum atomic E-state index is -4.24. The molecule has 0 bridgehead atoms. The highest BCUT2D eigenvalue weighted by molar-refractivity contribution is 9.10. The lowest BCUT2D eigenvalue weighted by atomic mass is 10.3. The van der Waals surface area contributed by atoms with E-state index in [1.807, 2.05) is 0 Å². The van der Waals surface area contributed by atoms with Gasteiger partial charge in [0.15, 0.2) is 0 Å². The van der Waals surface area contributed by atoms with Crippen molar-refractivity contribution in [1.29, 1.82) is 0 Å². The number of H-pyrrole nitrogens is 1. The Morgan fingerprint density at radius 2 is 2.07 bits per heavy atom. The van der Waals surface area contributed by atoms with Crippen LogP contribution in [-0.2, 0) is 6.42 Å². The molecule has 84 valence electrons. The molecule has 1 heterocycles. The van der Waals surface area contributed by atoms with E-state index in [9.17, 15) is 18.0 Å². The van der Waals surface area contributed by atoms with E-state index in [4.69, 9.17) is 0 Å². The fraction of sp³-hybridized carbons (Fsp3) is 0.500. The molecule has 0 unspecified atom stereocenters. The fourth-order valence-corrected chi connectivity index (χ4v) is 1.20. The summed E-state index contributed by atoms with van der Waals surface area (Å²) in [7, 11) is 0. The highest BCUT2D eigenvalue weighted by Gasteiger charge is 2.27. The van der Waals surface area contributed by atoms with E-state index < -0.39 is 18.2 Å². The summed E-state index contributed by atoms with van der Waals surface area (Å²) in [5.41, 5.74) is -0.0735. The molecule has 0 saturated carbocycles. The Morgan fingerprint density at radius 3 is 2.53 bits per heavy atom. The molecule has 1 N–H and O–H groups in total. The maximum Gasteiger partial charge on any atom is 0.389 e. The largest absolute Gasteiger partial charge is 0.389 e. The number of aryl methyl sites for hydroxylation is 2. The summed E-state index contributed by atoms with van der Waals surface area (Å²) in [6, 6.07) is 0. The molecule has 0 atom stereocenters. The fourth-order valence-electron chi connectivity index (χ4n) is 1.01. The third-order valence-corrected chi connectivity index (χ3v) is 2.66. The summed E-state index contributed by atoms with van der Waals surface area (Å²) in [4.78, 5) is 17.3. The molecule has 1 aromatic rings. The van der Waals surface area contributed by atoms with Crippen LogP contribution in [0.2, 0.25) is 0 Å². The van der Waals surface area contributed by atoms with E-state index >= 15 is 0 Å². The van der Waals surface area contributed by atoms with E-state index in [-0.39, 0.29) is 16.7 Å². The number of halogens is 4. The van der Waals surface area contributed by atoms with Crippen molar-refractivity contribution >= 4 is 15.9 Å². The Kier molecular flexibility index (Phi) is 3.54. The van der Waals surface area contributed by atoms with Crippen molar-refractivity contribution in [2.24, 2.45) is 0 Å². The van der Waals surface area contributed by atoms with E-state index in [1.165, 1.54) is 0 Å². The number of rotatable bonds is 2. The molecule has 0 radical (unpaired) electrons. The molecular weight excluding hydrogens is 277 g/mol. The predicted octanol–water partition coefficient (Wildman–Crippen LogP) is 2.34. The highest BCUT2D eigenvalue weighted by atomic mass is 79.9. The molecular formula is C8H8BrF3N2O. The van der Waals surface area contributed by atoms with Gasteiger partial charge in [-0.3, -0.25) is 4.79 Å². The van der Waals surface area contributed by atoms with Crippen molar-refractivity contribution in [2.45, 2.75) is 25.9 Å². The number of aromatic amines is 1. The van der Waals surface area contributed by atoms with Gasteiger partial charge in [-0.05, 0) is 22.9 Å². The van der Waals surface area contributed by atoms with Gasteiger partial charge < -0.3 is 4.98 Å². The zero-order valence-corrected chi connectivity index (χ0v) is 9.37. The summed E-state index contributed by atoms with van der Waals surface area (Å²) >= 11 is 2.98. The Bertz CT molecular complexity index is 413. The lowest BCUT2D eigenvalue weighted by molar-refractivity contribution is -0.134. The number of nitrogens with one attached hydrogen (secondary N) is 1. The molecule has 0 aliphatic carbocycles. The Balaban J connectivity index is 2.84. The van der Waals surface area contributed by atoms with Gasteiger partial charge >= 0.3 is 6.18 Å². The zero-order valence-electron chi connectivity index (χ0n) is 7.78. The highest BCUT2D eigenvalue weighted by Crippen LogP contribution is 2.21. The van der Waals surface area contributed by atoms with Gasteiger partial charge in [-0.15, -0.1) is 0 Å². The van der Waals surface area contributed by atoms with Crippen LogP contribution < -0.4 is 5.56 Å². The Morgan fingerprint density at radius 1 is 1.47 bits per heavy atom. The van der Waals surface area contributed by atoms with E-state index in [0.29, 0.717) is 5.69 Å². The number of hydrogen-bond acceptors (Lipinski definition) is 2. The summed E-state index contributed by atoms with van der Waals surface area (Å²) in [5.74, 6) is 0.0537. The standard InChI is InChI=1S/C8H8BrF3N2O/c1-4-6(9)7(15)14-5(13-4)2-3-8(10,11)12/h2-3H2,1H3,(H,13,14,15). The van der Waals surface area contributed by atoms with Gasteiger partial charge in [0.05, 0.1) is 12.1 Å². The SMILES string of the molecule is Cc1nc(CCC(F)(F)F)[nH]c(=O)c1Br. The normalized spacial score (nSPS) is 11.8. The molecule has 0 aromatic carbocycles. The average molecular weight is 285 g/mol. The zero-order chi connectivity index (χ0) is 11.6. The molecule has 0 amide bonds. The van der Waals surface area contributed by atoms with Gasteiger partial charge in [-0.25, -0.2) is 4.98 Å². The van der Waals surface area contributed by atoms with Crippen LogP contribution in [0.5, 0.6) is 0 Å². The minimum absolute atomic E-state index is 0.0537. The molecule has 15 heavy (non-hydrogen) atoms. The first-order valence-corrected chi connectivity index (χ1v) is 4.91. The number of nitrogens with zero attached hydrogens (tertiary/aromatic N) is 1. The van der Waals surface area contributed by atoms with Crippen LogP contribution in [0, 0.1) is 6.92 Å². The molecule has 0 aliphatic heterocycles. The van der Waals surface area contributed by atoms with Gasteiger partial charge in [0.2, 0.25) is 0 Å². The van der Waals surface area contributed by atoms with Crippen LogP contribution in [0.1, 0.15) is 17.9 Å². The Labute approximate surface area is 91.9 Å². The first-order valence-electron chi connectivity index (χ1n) is 4.11. The van der Waals surface area contributed by atoms with Crippen molar-refractivity contribution in [3.63, 3.8) is 0 Å². The van der Waals surface area contributed by atoms with Crippen LogP contribution in [0.4, 0.5) is 13.2 Å².